The van der Waals surface area contributed by atoms with Crippen molar-refractivity contribution in [2.45, 2.75) is 18.8 Å². The number of carbonyl (C=O) groups is 3. The summed E-state index contributed by atoms with van der Waals surface area (Å²) in [6.07, 6.45) is 2.16. The third-order valence-corrected chi connectivity index (χ3v) is 3.41. The number of pyridine rings is 1. The first-order chi connectivity index (χ1) is 9.58. The molecule has 1 aliphatic rings. The highest BCUT2D eigenvalue weighted by atomic mass is 16.4. The predicted molar refractivity (Wildman–Crippen MR) is 67.3 cm³/mol. The highest BCUT2D eigenvalue weighted by Crippen LogP contribution is 2.28. The molecule has 3 rings (SSSR count). The molecule has 20 heavy (non-hydrogen) atoms. The molecule has 0 radical (unpaired) electrons. The lowest BCUT2D eigenvalue weighted by atomic mass is 9.91. The van der Waals surface area contributed by atoms with E-state index in [1.54, 1.807) is 12.1 Å². The van der Waals surface area contributed by atoms with Gasteiger partial charge in [0.25, 0.3) is 0 Å². The largest absolute Gasteiger partial charge is 0.477 e. The number of carboxylic acids is 1. The number of rotatable bonds is 2. The summed E-state index contributed by atoms with van der Waals surface area (Å²) < 4.78 is 1.29. The lowest BCUT2D eigenvalue weighted by Crippen LogP contribution is -2.39. The number of carbonyl (C=O) groups excluding carboxylic acids is 2. The molecule has 0 spiro atoms. The fourth-order valence-corrected chi connectivity index (χ4v) is 2.45. The van der Waals surface area contributed by atoms with Gasteiger partial charge in [0.05, 0.1) is 17.6 Å². The lowest BCUT2D eigenvalue weighted by molar-refractivity contribution is -0.134. The van der Waals surface area contributed by atoms with Crippen LogP contribution in [0, 0.1) is 0 Å². The summed E-state index contributed by atoms with van der Waals surface area (Å²) in [7, 11) is 0. The topological polar surface area (TPSA) is 101 Å². The number of carboxylic acid groups (broad SMARTS) is 1. The number of imide groups is 1. The Kier molecular flexibility index (Phi) is 2.74. The van der Waals surface area contributed by atoms with Gasteiger partial charge in [-0.15, -0.1) is 0 Å². The molecule has 1 aliphatic heterocycles. The third-order valence-electron chi connectivity index (χ3n) is 3.41. The van der Waals surface area contributed by atoms with Crippen molar-refractivity contribution in [2.75, 3.05) is 0 Å². The Bertz CT molecular complexity index is 734. The van der Waals surface area contributed by atoms with E-state index >= 15 is 0 Å². The molecule has 1 unspecified atom stereocenters. The summed E-state index contributed by atoms with van der Waals surface area (Å²) in [5.74, 6) is -2.21. The number of nitrogens with one attached hydrogen (secondary N) is 1. The van der Waals surface area contributed by atoms with E-state index in [1.165, 1.54) is 16.8 Å². The van der Waals surface area contributed by atoms with E-state index in [2.05, 4.69) is 10.4 Å². The van der Waals surface area contributed by atoms with Gasteiger partial charge in [-0.25, -0.2) is 9.31 Å². The highest BCUT2D eigenvalue weighted by Gasteiger charge is 2.30. The van der Waals surface area contributed by atoms with Crippen molar-refractivity contribution in [3.05, 3.63) is 35.7 Å². The fourth-order valence-electron chi connectivity index (χ4n) is 2.45. The summed E-state index contributed by atoms with van der Waals surface area (Å²) in [5, 5.41) is 15.4. The van der Waals surface area contributed by atoms with Crippen molar-refractivity contribution in [1.82, 2.24) is 14.9 Å². The van der Waals surface area contributed by atoms with Crippen LogP contribution in [0.4, 0.5) is 0 Å². The average molecular weight is 273 g/mol. The molecule has 1 fully saturated rings. The van der Waals surface area contributed by atoms with E-state index in [4.69, 9.17) is 5.11 Å². The molecule has 7 heteroatoms. The van der Waals surface area contributed by atoms with Crippen molar-refractivity contribution in [2.24, 2.45) is 0 Å². The van der Waals surface area contributed by atoms with Crippen molar-refractivity contribution >= 4 is 23.3 Å². The normalized spacial score (nSPS) is 19.1. The Hall–Kier alpha value is -2.70. The molecule has 2 amide bonds. The van der Waals surface area contributed by atoms with Crippen LogP contribution in [0.3, 0.4) is 0 Å². The van der Waals surface area contributed by atoms with Gasteiger partial charge in [-0.3, -0.25) is 14.9 Å². The van der Waals surface area contributed by atoms with E-state index in [9.17, 15) is 14.4 Å². The molecule has 102 valence electrons. The first-order valence-electron chi connectivity index (χ1n) is 6.11. The Balaban J connectivity index is 2.09. The molecule has 3 heterocycles. The van der Waals surface area contributed by atoms with Gasteiger partial charge in [0.2, 0.25) is 11.8 Å². The minimum absolute atomic E-state index is 0.0287. The van der Waals surface area contributed by atoms with E-state index in [-0.39, 0.29) is 23.9 Å². The van der Waals surface area contributed by atoms with Crippen LogP contribution in [0.1, 0.15) is 34.8 Å². The molecule has 2 aromatic heterocycles. The van der Waals surface area contributed by atoms with E-state index in [1.807, 2.05) is 0 Å². The molecule has 0 aliphatic carbocycles. The molecule has 2 aromatic rings. The van der Waals surface area contributed by atoms with Crippen molar-refractivity contribution in [1.29, 1.82) is 0 Å². The zero-order chi connectivity index (χ0) is 14.3. The van der Waals surface area contributed by atoms with E-state index < -0.39 is 11.9 Å². The number of hydrogen-bond acceptors (Lipinski definition) is 4. The summed E-state index contributed by atoms with van der Waals surface area (Å²) in [6.45, 7) is 0. The van der Waals surface area contributed by atoms with E-state index in [0.717, 1.165) is 0 Å². The second kappa shape index (κ2) is 4.44. The minimum Gasteiger partial charge on any atom is -0.477 e. The van der Waals surface area contributed by atoms with Gasteiger partial charge in [-0.05, 0) is 18.6 Å². The van der Waals surface area contributed by atoms with Crippen LogP contribution in [-0.2, 0) is 9.59 Å². The first-order valence-corrected chi connectivity index (χ1v) is 6.11. The van der Waals surface area contributed by atoms with Gasteiger partial charge in [0.1, 0.15) is 5.69 Å². The maximum absolute atomic E-state index is 11.9. The Morgan fingerprint density at radius 3 is 2.90 bits per heavy atom. The average Bonchev–Trinajstić information content (AvgIpc) is 2.82. The SMILES string of the molecule is O=C1CCC(c2cnn3c(C(=O)O)cccc23)C(=O)N1. The highest BCUT2D eigenvalue weighted by molar-refractivity contribution is 6.01. The summed E-state index contributed by atoms with van der Waals surface area (Å²) in [4.78, 5) is 34.2. The summed E-state index contributed by atoms with van der Waals surface area (Å²) in [6, 6.07) is 4.75. The molecule has 1 saturated heterocycles. The van der Waals surface area contributed by atoms with Crippen LogP contribution in [0.2, 0.25) is 0 Å². The predicted octanol–water partition coefficient (Wildman–Crippen LogP) is 0.553. The molecular weight excluding hydrogens is 262 g/mol. The van der Waals surface area contributed by atoms with E-state index in [0.29, 0.717) is 17.5 Å². The smallest absolute Gasteiger partial charge is 0.354 e. The summed E-state index contributed by atoms with van der Waals surface area (Å²) in [5.41, 5.74) is 1.23. The maximum Gasteiger partial charge on any atom is 0.354 e. The number of amides is 2. The van der Waals surface area contributed by atoms with Crippen molar-refractivity contribution in [3.63, 3.8) is 0 Å². The van der Waals surface area contributed by atoms with Gasteiger partial charge >= 0.3 is 5.97 Å². The quantitative estimate of drug-likeness (QED) is 0.778. The van der Waals surface area contributed by atoms with Crippen molar-refractivity contribution < 1.29 is 19.5 Å². The van der Waals surface area contributed by atoms with Crippen LogP contribution < -0.4 is 5.32 Å². The number of aromatic nitrogens is 2. The first kappa shape index (κ1) is 12.3. The second-order valence-electron chi connectivity index (χ2n) is 4.62. The van der Waals surface area contributed by atoms with Gasteiger partial charge in [0, 0.05) is 12.0 Å². The van der Waals surface area contributed by atoms with Crippen LogP contribution in [0.25, 0.3) is 5.52 Å². The number of piperidine rings is 1. The number of hydrogen-bond donors (Lipinski definition) is 2. The van der Waals surface area contributed by atoms with Crippen LogP contribution in [-0.4, -0.2) is 32.5 Å². The zero-order valence-corrected chi connectivity index (χ0v) is 10.4. The monoisotopic (exact) mass is 273 g/mol. The molecule has 1 atom stereocenters. The zero-order valence-electron chi connectivity index (χ0n) is 10.4. The Morgan fingerprint density at radius 2 is 2.20 bits per heavy atom. The molecule has 2 N–H and O–H groups in total. The Labute approximate surface area is 113 Å². The minimum atomic E-state index is -1.09. The standard InChI is InChI=1S/C13H11N3O4/c17-11-5-4-7(12(18)15-11)8-6-14-16-9(8)2-1-3-10(16)13(19)20/h1-3,6-7H,4-5H2,(H,19,20)(H,15,17,18). The maximum atomic E-state index is 11.9. The number of nitrogens with zero attached hydrogens (tertiary/aromatic N) is 2. The Morgan fingerprint density at radius 1 is 1.40 bits per heavy atom. The van der Waals surface area contributed by atoms with Crippen LogP contribution >= 0.6 is 0 Å². The summed E-state index contributed by atoms with van der Waals surface area (Å²) >= 11 is 0. The van der Waals surface area contributed by atoms with Crippen LogP contribution in [0.15, 0.2) is 24.4 Å². The lowest BCUT2D eigenvalue weighted by Gasteiger charge is -2.19. The molecule has 0 saturated carbocycles. The molecule has 0 bridgehead atoms. The third kappa shape index (κ3) is 1.83. The van der Waals surface area contributed by atoms with Gasteiger partial charge in [0.15, 0.2) is 0 Å². The van der Waals surface area contributed by atoms with Crippen LogP contribution in [0.5, 0.6) is 0 Å². The van der Waals surface area contributed by atoms with Gasteiger partial charge in [-0.1, -0.05) is 6.07 Å². The number of fused-ring (bicyclic) bond motifs is 1. The van der Waals surface area contributed by atoms with Gasteiger partial charge in [-0.2, -0.15) is 5.10 Å². The molecule has 0 aromatic carbocycles. The number of aromatic carboxylic acids is 1. The fraction of sp³-hybridized carbons (Fsp3) is 0.231. The second-order valence-corrected chi connectivity index (χ2v) is 4.62. The van der Waals surface area contributed by atoms with Gasteiger partial charge < -0.3 is 5.11 Å². The molecular formula is C13H11N3O4. The molecule has 7 nitrogen and oxygen atoms in total. The van der Waals surface area contributed by atoms with Crippen molar-refractivity contribution in [3.8, 4) is 0 Å².